The summed E-state index contributed by atoms with van der Waals surface area (Å²) >= 11 is 0. The molecule has 0 radical (unpaired) electrons. The smallest absolute Gasteiger partial charge is 0.328 e. The molecular formula is C16H18N6O3. The number of hydrogen-bond donors (Lipinski definition) is 4. The van der Waals surface area contributed by atoms with Crippen molar-refractivity contribution in [2.45, 2.75) is 37.8 Å². The summed E-state index contributed by atoms with van der Waals surface area (Å²) in [5.41, 5.74) is 0.616. The molecule has 3 aromatic rings. The van der Waals surface area contributed by atoms with Crippen molar-refractivity contribution in [2.24, 2.45) is 0 Å². The minimum Gasteiger partial charge on any atom is -0.391 e. The van der Waals surface area contributed by atoms with E-state index in [1.165, 1.54) is 17.0 Å². The van der Waals surface area contributed by atoms with Gasteiger partial charge in [0.25, 0.3) is 5.56 Å². The van der Waals surface area contributed by atoms with Crippen LogP contribution in [0.1, 0.15) is 31.7 Å². The van der Waals surface area contributed by atoms with E-state index in [4.69, 9.17) is 0 Å². The zero-order chi connectivity index (χ0) is 17.4. The van der Waals surface area contributed by atoms with E-state index in [1.54, 1.807) is 12.1 Å². The van der Waals surface area contributed by atoms with Gasteiger partial charge in [0.05, 0.1) is 18.3 Å². The Morgan fingerprint density at radius 1 is 1.28 bits per heavy atom. The zero-order valence-corrected chi connectivity index (χ0v) is 13.4. The Bertz CT molecular complexity index is 1020. The third kappa shape index (κ3) is 2.82. The quantitative estimate of drug-likeness (QED) is 0.563. The summed E-state index contributed by atoms with van der Waals surface area (Å²) in [4.78, 5) is 38.0. The summed E-state index contributed by atoms with van der Waals surface area (Å²) in [6.45, 7) is 0. The van der Waals surface area contributed by atoms with Crippen LogP contribution < -0.4 is 16.6 Å². The van der Waals surface area contributed by atoms with Gasteiger partial charge in [-0.25, -0.2) is 9.78 Å². The molecule has 3 heterocycles. The lowest BCUT2D eigenvalue weighted by Crippen LogP contribution is -2.33. The number of hydrogen-bond acceptors (Lipinski definition) is 6. The summed E-state index contributed by atoms with van der Waals surface area (Å²) < 4.78 is 1.50. The third-order valence-corrected chi connectivity index (χ3v) is 4.55. The van der Waals surface area contributed by atoms with Crippen LogP contribution in [0.15, 0.2) is 34.1 Å². The van der Waals surface area contributed by atoms with E-state index in [0.717, 1.165) is 19.3 Å². The number of imidazole rings is 1. The maximum Gasteiger partial charge on any atom is 0.328 e. The molecule has 1 saturated carbocycles. The fraction of sp³-hybridized carbons (Fsp3) is 0.375. The Kier molecular flexibility index (Phi) is 3.85. The maximum absolute atomic E-state index is 12.4. The minimum absolute atomic E-state index is 0.210. The van der Waals surface area contributed by atoms with Crippen molar-refractivity contribution >= 4 is 22.8 Å². The van der Waals surface area contributed by atoms with Gasteiger partial charge < -0.3 is 20.4 Å². The van der Waals surface area contributed by atoms with Gasteiger partial charge in [-0.1, -0.05) is 12.8 Å². The van der Waals surface area contributed by atoms with Crippen molar-refractivity contribution in [1.82, 2.24) is 24.5 Å². The number of nitrogens with one attached hydrogen (secondary N) is 3. The Morgan fingerprint density at radius 2 is 2.12 bits per heavy atom. The van der Waals surface area contributed by atoms with Crippen LogP contribution in [0.3, 0.4) is 0 Å². The molecule has 25 heavy (non-hydrogen) atoms. The fourth-order valence-electron chi connectivity index (χ4n) is 3.32. The number of fused-ring (bicyclic) bond motifs is 1. The molecule has 0 spiro atoms. The zero-order valence-electron chi connectivity index (χ0n) is 13.4. The monoisotopic (exact) mass is 342 g/mol. The first-order chi connectivity index (χ1) is 12.1. The highest BCUT2D eigenvalue weighted by atomic mass is 16.3. The topological polar surface area (TPSA) is 129 Å². The van der Waals surface area contributed by atoms with E-state index in [-0.39, 0.29) is 23.2 Å². The summed E-state index contributed by atoms with van der Waals surface area (Å²) in [7, 11) is 0. The first-order valence-corrected chi connectivity index (χ1v) is 8.23. The first kappa shape index (κ1) is 15.6. The number of anilines is 2. The molecule has 0 aliphatic heterocycles. The predicted octanol–water partition coefficient (Wildman–Crippen LogP) is 1.03. The average molecular weight is 342 g/mol. The van der Waals surface area contributed by atoms with Crippen LogP contribution in [-0.4, -0.2) is 35.7 Å². The molecule has 0 bridgehead atoms. The molecule has 1 aliphatic rings. The number of pyridine rings is 1. The van der Waals surface area contributed by atoms with E-state index < -0.39 is 6.10 Å². The predicted molar refractivity (Wildman–Crippen MR) is 92.0 cm³/mol. The first-order valence-electron chi connectivity index (χ1n) is 8.23. The molecule has 1 fully saturated rings. The Morgan fingerprint density at radius 3 is 2.92 bits per heavy atom. The van der Waals surface area contributed by atoms with Crippen LogP contribution in [0.2, 0.25) is 0 Å². The fourth-order valence-corrected chi connectivity index (χ4v) is 3.32. The van der Waals surface area contributed by atoms with Crippen molar-refractivity contribution < 1.29 is 5.11 Å². The van der Waals surface area contributed by atoms with Gasteiger partial charge in [-0.15, -0.1) is 0 Å². The normalized spacial score (nSPS) is 20.7. The standard InChI is InChI=1S/C16H18N6O3/c23-12-6-2-1-5-11(12)22-13-10(20-16(22)25)8-18-15(21-13)19-9-4-3-7-17-14(9)24/h3-4,7-8,11-12,23H,1-2,5-6H2,(H,17,24)(H,20,25)(H,18,19,21)/t11?,12-/m0/s1. The van der Waals surface area contributed by atoms with Gasteiger partial charge in [-0.3, -0.25) is 9.36 Å². The summed E-state index contributed by atoms with van der Waals surface area (Å²) in [6, 6.07) is 2.99. The molecule has 9 heteroatoms. The van der Waals surface area contributed by atoms with Crippen LogP contribution in [0.5, 0.6) is 0 Å². The third-order valence-electron chi connectivity index (χ3n) is 4.55. The largest absolute Gasteiger partial charge is 0.391 e. The molecule has 0 amide bonds. The van der Waals surface area contributed by atoms with Crippen molar-refractivity contribution in [3.8, 4) is 0 Å². The lowest BCUT2D eigenvalue weighted by atomic mass is 9.92. The molecule has 4 rings (SSSR count). The molecule has 130 valence electrons. The number of aliphatic hydroxyl groups excluding tert-OH is 1. The molecule has 4 N–H and O–H groups in total. The minimum atomic E-state index is -0.575. The van der Waals surface area contributed by atoms with Crippen LogP contribution in [0, 0.1) is 0 Å². The molecule has 0 aromatic carbocycles. The molecular weight excluding hydrogens is 324 g/mol. The lowest BCUT2D eigenvalue weighted by Gasteiger charge is -2.28. The Labute approximate surface area is 141 Å². The van der Waals surface area contributed by atoms with E-state index >= 15 is 0 Å². The number of H-pyrrole nitrogens is 2. The highest BCUT2D eigenvalue weighted by Crippen LogP contribution is 2.29. The highest BCUT2D eigenvalue weighted by Gasteiger charge is 2.28. The summed E-state index contributed by atoms with van der Waals surface area (Å²) in [6.07, 6.45) is 5.75. The van der Waals surface area contributed by atoms with Gasteiger partial charge in [0.2, 0.25) is 5.95 Å². The van der Waals surface area contributed by atoms with E-state index in [1.807, 2.05) is 0 Å². The van der Waals surface area contributed by atoms with E-state index in [0.29, 0.717) is 23.3 Å². The van der Waals surface area contributed by atoms with Gasteiger partial charge in [0, 0.05) is 6.20 Å². The van der Waals surface area contributed by atoms with Gasteiger partial charge in [0.15, 0.2) is 5.65 Å². The molecule has 9 nitrogen and oxygen atoms in total. The van der Waals surface area contributed by atoms with Crippen LogP contribution in [0.25, 0.3) is 11.2 Å². The van der Waals surface area contributed by atoms with Crippen LogP contribution in [-0.2, 0) is 0 Å². The SMILES string of the molecule is O=c1[nH]cccc1Nc1ncc2[nH]c(=O)n(C3CCCC[C@@H]3O)c2n1. The van der Waals surface area contributed by atoms with Crippen LogP contribution in [0.4, 0.5) is 11.6 Å². The Balaban J connectivity index is 1.77. The van der Waals surface area contributed by atoms with Gasteiger partial charge in [-0.05, 0) is 25.0 Å². The van der Waals surface area contributed by atoms with Crippen molar-refractivity contribution in [2.75, 3.05) is 5.32 Å². The number of aliphatic hydroxyl groups is 1. The Hall–Kier alpha value is -2.94. The lowest BCUT2D eigenvalue weighted by molar-refractivity contribution is 0.0756. The summed E-state index contributed by atoms with van der Waals surface area (Å²) in [5, 5.41) is 13.1. The second-order valence-electron chi connectivity index (χ2n) is 6.19. The molecule has 1 unspecified atom stereocenters. The van der Waals surface area contributed by atoms with Gasteiger partial charge >= 0.3 is 5.69 Å². The van der Waals surface area contributed by atoms with E-state index in [9.17, 15) is 14.7 Å². The molecule has 1 aliphatic carbocycles. The van der Waals surface area contributed by atoms with Gasteiger partial charge in [-0.2, -0.15) is 4.98 Å². The van der Waals surface area contributed by atoms with Gasteiger partial charge in [0.1, 0.15) is 11.2 Å². The average Bonchev–Trinajstić information content (AvgIpc) is 2.93. The number of rotatable bonds is 3. The van der Waals surface area contributed by atoms with Crippen molar-refractivity contribution in [1.29, 1.82) is 0 Å². The second-order valence-corrected chi connectivity index (χ2v) is 6.19. The molecule has 2 atom stereocenters. The highest BCUT2D eigenvalue weighted by molar-refractivity contribution is 5.72. The number of aromatic nitrogens is 5. The van der Waals surface area contributed by atoms with Crippen molar-refractivity contribution in [3.05, 3.63) is 45.4 Å². The summed E-state index contributed by atoms with van der Waals surface area (Å²) in [5.74, 6) is 0.210. The molecule has 3 aromatic heterocycles. The number of aromatic amines is 2. The number of nitrogens with zero attached hydrogens (tertiary/aromatic N) is 3. The maximum atomic E-state index is 12.4. The second kappa shape index (κ2) is 6.17. The van der Waals surface area contributed by atoms with Crippen molar-refractivity contribution in [3.63, 3.8) is 0 Å². The van der Waals surface area contributed by atoms with E-state index in [2.05, 4.69) is 25.3 Å². The molecule has 0 saturated heterocycles. The van der Waals surface area contributed by atoms with Crippen LogP contribution >= 0.6 is 0 Å².